The lowest BCUT2D eigenvalue weighted by Crippen LogP contribution is -2.44. The highest BCUT2D eigenvalue weighted by Gasteiger charge is 2.45. The zero-order valence-electron chi connectivity index (χ0n) is 16.4. The Morgan fingerprint density at radius 3 is 2.30 bits per heavy atom. The molecule has 1 N–H and O–H groups in total. The summed E-state index contributed by atoms with van der Waals surface area (Å²) in [4.78, 5) is 2.53. The summed E-state index contributed by atoms with van der Waals surface area (Å²) in [5, 5.41) is 11.0. The van der Waals surface area contributed by atoms with Crippen LogP contribution in [0.2, 0.25) is 0 Å². The Morgan fingerprint density at radius 1 is 0.926 bits per heavy atom. The lowest BCUT2D eigenvalue weighted by Gasteiger charge is -2.41. The molecule has 0 radical (unpaired) electrons. The van der Waals surface area contributed by atoms with Crippen molar-refractivity contribution in [2.24, 2.45) is 5.41 Å². The van der Waals surface area contributed by atoms with Crippen LogP contribution in [0.15, 0.2) is 54.6 Å². The molecule has 0 unspecified atom stereocenters. The molecule has 1 saturated carbocycles. The highest BCUT2D eigenvalue weighted by molar-refractivity contribution is 5.49. The molecule has 0 amide bonds. The molecule has 0 aromatic heterocycles. The first-order chi connectivity index (χ1) is 13.1. The van der Waals surface area contributed by atoms with Gasteiger partial charge in [0, 0.05) is 18.8 Å². The first-order valence-electron chi connectivity index (χ1n) is 10.3. The van der Waals surface area contributed by atoms with E-state index in [1.165, 1.54) is 17.7 Å². The van der Waals surface area contributed by atoms with E-state index in [0.717, 1.165) is 50.9 Å². The molecule has 27 heavy (non-hydrogen) atoms. The van der Waals surface area contributed by atoms with Crippen LogP contribution in [0.3, 0.4) is 0 Å². The Hall–Kier alpha value is -2.00. The van der Waals surface area contributed by atoms with Gasteiger partial charge in [0.25, 0.3) is 0 Å². The SMILES string of the molecule is CCc1ccc(N2CC[C@]3(CC[C@@](O)(COc4ccccc4)CC3)C2)cc1. The third-order valence-corrected chi connectivity index (χ3v) is 6.64. The first-order valence-corrected chi connectivity index (χ1v) is 10.3. The van der Waals surface area contributed by atoms with Crippen LogP contribution < -0.4 is 9.64 Å². The van der Waals surface area contributed by atoms with Gasteiger partial charge in [0.15, 0.2) is 0 Å². The Balaban J connectivity index is 1.33. The molecular formula is C24H31NO2. The number of benzene rings is 2. The van der Waals surface area contributed by atoms with Crippen molar-refractivity contribution < 1.29 is 9.84 Å². The van der Waals surface area contributed by atoms with Gasteiger partial charge in [-0.25, -0.2) is 0 Å². The summed E-state index contributed by atoms with van der Waals surface area (Å²) in [6, 6.07) is 18.9. The molecule has 0 atom stereocenters. The summed E-state index contributed by atoms with van der Waals surface area (Å²) < 4.78 is 5.85. The Kier molecular flexibility index (Phi) is 5.14. The molecule has 2 fully saturated rings. The second-order valence-corrected chi connectivity index (χ2v) is 8.52. The maximum Gasteiger partial charge on any atom is 0.119 e. The molecule has 2 aromatic carbocycles. The topological polar surface area (TPSA) is 32.7 Å². The highest BCUT2D eigenvalue weighted by atomic mass is 16.5. The Labute approximate surface area is 163 Å². The number of hydrogen-bond acceptors (Lipinski definition) is 3. The monoisotopic (exact) mass is 365 g/mol. The van der Waals surface area contributed by atoms with E-state index in [-0.39, 0.29) is 0 Å². The third kappa shape index (κ3) is 4.14. The standard InChI is InChI=1S/C24H31NO2/c1-2-20-8-10-21(11-9-20)25-17-16-23(18-25)12-14-24(26,15-13-23)19-27-22-6-4-3-5-7-22/h3-11,26H,2,12-19H2,1H3/t23-,24+. The summed E-state index contributed by atoms with van der Waals surface area (Å²) in [5.41, 5.74) is 2.42. The fourth-order valence-electron chi connectivity index (χ4n) is 4.63. The zero-order valence-corrected chi connectivity index (χ0v) is 16.4. The van der Waals surface area contributed by atoms with Gasteiger partial charge in [0.2, 0.25) is 0 Å². The smallest absolute Gasteiger partial charge is 0.119 e. The average molecular weight is 366 g/mol. The number of aliphatic hydroxyl groups is 1. The molecule has 1 aliphatic carbocycles. The van der Waals surface area contributed by atoms with E-state index in [2.05, 4.69) is 36.1 Å². The summed E-state index contributed by atoms with van der Waals surface area (Å²) in [5.74, 6) is 0.841. The molecule has 1 spiro atoms. The van der Waals surface area contributed by atoms with E-state index < -0.39 is 5.60 Å². The normalized spacial score (nSPS) is 27.9. The van der Waals surface area contributed by atoms with Crippen molar-refractivity contribution in [1.29, 1.82) is 0 Å². The number of nitrogens with zero attached hydrogens (tertiary/aromatic N) is 1. The van der Waals surface area contributed by atoms with Crippen LogP contribution in [-0.4, -0.2) is 30.4 Å². The van der Waals surface area contributed by atoms with E-state index in [4.69, 9.17) is 4.74 Å². The van der Waals surface area contributed by atoms with Crippen LogP contribution in [-0.2, 0) is 6.42 Å². The third-order valence-electron chi connectivity index (χ3n) is 6.64. The van der Waals surface area contributed by atoms with Crippen LogP contribution >= 0.6 is 0 Å². The van der Waals surface area contributed by atoms with Crippen molar-refractivity contribution >= 4 is 5.69 Å². The predicted octanol–water partition coefficient (Wildman–Crippen LogP) is 4.83. The number of rotatable bonds is 5. The molecule has 2 aromatic rings. The fraction of sp³-hybridized carbons (Fsp3) is 0.500. The van der Waals surface area contributed by atoms with Gasteiger partial charge in [0.1, 0.15) is 12.4 Å². The summed E-state index contributed by atoms with van der Waals surface area (Å²) >= 11 is 0. The molecule has 4 rings (SSSR count). The van der Waals surface area contributed by atoms with E-state index in [0.29, 0.717) is 12.0 Å². The van der Waals surface area contributed by atoms with E-state index in [9.17, 15) is 5.11 Å². The van der Waals surface area contributed by atoms with Gasteiger partial charge in [-0.3, -0.25) is 0 Å². The van der Waals surface area contributed by atoms with Crippen LogP contribution in [0.25, 0.3) is 0 Å². The second-order valence-electron chi connectivity index (χ2n) is 8.52. The minimum Gasteiger partial charge on any atom is -0.491 e. The summed E-state index contributed by atoms with van der Waals surface area (Å²) in [6.07, 6.45) is 6.17. The molecular weight excluding hydrogens is 334 g/mol. The van der Waals surface area contributed by atoms with Gasteiger partial charge in [0.05, 0.1) is 5.60 Å². The zero-order chi connectivity index (χ0) is 18.7. The number of para-hydroxylation sites is 1. The average Bonchev–Trinajstić information content (AvgIpc) is 3.14. The minimum absolute atomic E-state index is 0.363. The van der Waals surface area contributed by atoms with Gasteiger partial charge >= 0.3 is 0 Å². The molecule has 2 aliphatic rings. The maximum atomic E-state index is 11.0. The second kappa shape index (κ2) is 7.55. The van der Waals surface area contributed by atoms with Crippen LogP contribution in [0.5, 0.6) is 5.75 Å². The van der Waals surface area contributed by atoms with Crippen molar-refractivity contribution in [2.45, 2.75) is 51.0 Å². The number of aryl methyl sites for hydroxylation is 1. The number of anilines is 1. The van der Waals surface area contributed by atoms with Crippen molar-refractivity contribution in [2.75, 3.05) is 24.6 Å². The largest absolute Gasteiger partial charge is 0.491 e. The van der Waals surface area contributed by atoms with Crippen molar-refractivity contribution in [1.82, 2.24) is 0 Å². The lowest BCUT2D eigenvalue weighted by molar-refractivity contribution is -0.0590. The number of ether oxygens (including phenoxy) is 1. The summed E-state index contributed by atoms with van der Waals surface area (Å²) in [7, 11) is 0. The van der Waals surface area contributed by atoms with Gasteiger partial charge < -0.3 is 14.7 Å². The van der Waals surface area contributed by atoms with Crippen LogP contribution in [0.1, 0.15) is 44.6 Å². The van der Waals surface area contributed by atoms with Crippen molar-refractivity contribution in [3.63, 3.8) is 0 Å². The van der Waals surface area contributed by atoms with E-state index in [1.807, 2.05) is 30.3 Å². The Morgan fingerprint density at radius 2 is 1.63 bits per heavy atom. The summed E-state index contributed by atoms with van der Waals surface area (Å²) in [6.45, 7) is 4.85. The van der Waals surface area contributed by atoms with Gasteiger partial charge in [-0.05, 0) is 73.8 Å². The minimum atomic E-state index is -0.683. The molecule has 1 aliphatic heterocycles. The molecule has 3 heteroatoms. The molecule has 3 nitrogen and oxygen atoms in total. The quantitative estimate of drug-likeness (QED) is 0.824. The predicted molar refractivity (Wildman–Crippen MR) is 110 cm³/mol. The van der Waals surface area contributed by atoms with Gasteiger partial charge in [-0.15, -0.1) is 0 Å². The van der Waals surface area contributed by atoms with Crippen LogP contribution in [0, 0.1) is 5.41 Å². The van der Waals surface area contributed by atoms with Crippen molar-refractivity contribution in [3.8, 4) is 5.75 Å². The molecule has 144 valence electrons. The van der Waals surface area contributed by atoms with Gasteiger partial charge in [-0.1, -0.05) is 37.3 Å². The van der Waals surface area contributed by atoms with Crippen molar-refractivity contribution in [3.05, 3.63) is 60.2 Å². The van der Waals surface area contributed by atoms with Crippen LogP contribution in [0.4, 0.5) is 5.69 Å². The van der Waals surface area contributed by atoms with E-state index in [1.54, 1.807) is 0 Å². The molecule has 1 saturated heterocycles. The lowest BCUT2D eigenvalue weighted by atomic mass is 9.68. The maximum absolute atomic E-state index is 11.0. The fourth-order valence-corrected chi connectivity index (χ4v) is 4.63. The van der Waals surface area contributed by atoms with E-state index >= 15 is 0 Å². The first kappa shape index (κ1) is 18.4. The molecule has 0 bridgehead atoms. The Bertz CT molecular complexity index is 733. The highest BCUT2D eigenvalue weighted by Crippen LogP contribution is 2.47. The number of hydrogen-bond donors (Lipinski definition) is 1. The molecule has 1 heterocycles. The van der Waals surface area contributed by atoms with Gasteiger partial charge in [-0.2, -0.15) is 0 Å².